The van der Waals surface area contributed by atoms with Crippen LogP contribution in [-0.4, -0.2) is 4.92 Å². The predicted octanol–water partition coefficient (Wildman–Crippen LogP) is 8.58. The third kappa shape index (κ3) is 5.61. The standard InChI is InChI=1S/C29H27NO5/c1-20-10-8-9-13-24(20)35-28-26(34-23-16-14-21(15-17-23)29(2,3)4)19-18-25(27(28)30(31)32)33-22-11-6-5-7-12-22/h5-19H,1-4H3. The number of nitro benzene ring substituents is 1. The van der Waals surface area contributed by atoms with Gasteiger partial charge in [-0.3, -0.25) is 10.1 Å². The van der Waals surface area contributed by atoms with Crippen LogP contribution in [0.25, 0.3) is 0 Å². The SMILES string of the molecule is Cc1ccccc1Oc1c(Oc2ccc(C(C)(C)C)cc2)ccc(Oc2ccccc2)c1[N+](=O)[O-]. The summed E-state index contributed by atoms with van der Waals surface area (Å²) in [5.41, 5.74) is 1.66. The predicted molar refractivity (Wildman–Crippen MR) is 136 cm³/mol. The molecule has 0 bridgehead atoms. The van der Waals surface area contributed by atoms with Crippen molar-refractivity contribution < 1.29 is 19.1 Å². The topological polar surface area (TPSA) is 70.8 Å². The normalized spacial score (nSPS) is 11.1. The molecule has 4 aromatic carbocycles. The lowest BCUT2D eigenvalue weighted by Gasteiger charge is -2.19. The van der Waals surface area contributed by atoms with Crippen LogP contribution in [-0.2, 0) is 5.41 Å². The van der Waals surface area contributed by atoms with E-state index in [4.69, 9.17) is 14.2 Å². The summed E-state index contributed by atoms with van der Waals surface area (Å²) in [5, 5.41) is 12.3. The molecule has 0 aliphatic rings. The van der Waals surface area contributed by atoms with Crippen LogP contribution >= 0.6 is 0 Å². The van der Waals surface area contributed by atoms with Gasteiger partial charge >= 0.3 is 5.69 Å². The van der Waals surface area contributed by atoms with E-state index < -0.39 is 4.92 Å². The number of benzene rings is 4. The molecule has 0 aliphatic heterocycles. The van der Waals surface area contributed by atoms with Crippen LogP contribution in [0.1, 0.15) is 31.9 Å². The molecule has 35 heavy (non-hydrogen) atoms. The largest absolute Gasteiger partial charge is 0.453 e. The van der Waals surface area contributed by atoms with Gasteiger partial charge in [0.2, 0.25) is 5.75 Å². The van der Waals surface area contributed by atoms with E-state index in [2.05, 4.69) is 20.8 Å². The van der Waals surface area contributed by atoms with Gasteiger partial charge in [-0.1, -0.05) is 69.3 Å². The molecule has 0 aliphatic carbocycles. The van der Waals surface area contributed by atoms with Crippen molar-refractivity contribution in [1.29, 1.82) is 0 Å². The molecule has 4 rings (SSSR count). The number of aryl methyl sites for hydroxylation is 1. The van der Waals surface area contributed by atoms with E-state index >= 15 is 0 Å². The summed E-state index contributed by atoms with van der Waals surface area (Å²) in [6, 6.07) is 27.0. The average Bonchev–Trinajstić information content (AvgIpc) is 2.82. The molecule has 4 aromatic rings. The van der Waals surface area contributed by atoms with Gasteiger partial charge in [-0.25, -0.2) is 0 Å². The lowest BCUT2D eigenvalue weighted by atomic mass is 9.87. The van der Waals surface area contributed by atoms with Crippen molar-refractivity contribution in [1.82, 2.24) is 0 Å². The summed E-state index contributed by atoms with van der Waals surface area (Å²) in [4.78, 5) is 11.7. The van der Waals surface area contributed by atoms with Crippen LogP contribution in [0.5, 0.6) is 34.5 Å². The highest BCUT2D eigenvalue weighted by Crippen LogP contribution is 2.48. The van der Waals surface area contributed by atoms with Crippen molar-refractivity contribution >= 4 is 5.69 Å². The van der Waals surface area contributed by atoms with Crippen molar-refractivity contribution in [2.24, 2.45) is 0 Å². The molecule has 0 aromatic heterocycles. The summed E-state index contributed by atoms with van der Waals surface area (Å²) in [6.07, 6.45) is 0. The number of para-hydroxylation sites is 2. The molecular formula is C29H27NO5. The van der Waals surface area contributed by atoms with E-state index in [1.165, 1.54) is 6.07 Å². The van der Waals surface area contributed by atoms with E-state index in [1.807, 2.05) is 55.5 Å². The Balaban J connectivity index is 1.79. The Labute approximate surface area is 204 Å². The van der Waals surface area contributed by atoms with Crippen molar-refractivity contribution in [2.75, 3.05) is 0 Å². The van der Waals surface area contributed by atoms with Crippen LogP contribution in [0.2, 0.25) is 0 Å². The second-order valence-electron chi connectivity index (χ2n) is 9.16. The van der Waals surface area contributed by atoms with Gasteiger partial charge in [0.25, 0.3) is 5.75 Å². The first kappa shape index (κ1) is 23.8. The number of hydrogen-bond donors (Lipinski definition) is 0. The zero-order chi connectivity index (χ0) is 25.0. The Morgan fingerprint density at radius 3 is 1.86 bits per heavy atom. The van der Waals surface area contributed by atoms with E-state index in [0.29, 0.717) is 17.2 Å². The number of nitro groups is 1. The maximum Gasteiger partial charge on any atom is 0.357 e. The Hall–Kier alpha value is -4.32. The molecule has 0 heterocycles. The summed E-state index contributed by atoms with van der Waals surface area (Å²) in [7, 11) is 0. The maximum atomic E-state index is 12.3. The van der Waals surface area contributed by atoms with Crippen LogP contribution < -0.4 is 14.2 Å². The average molecular weight is 470 g/mol. The van der Waals surface area contributed by atoms with E-state index in [1.54, 1.807) is 36.4 Å². The molecule has 0 amide bonds. The van der Waals surface area contributed by atoms with E-state index in [0.717, 1.165) is 11.1 Å². The highest BCUT2D eigenvalue weighted by molar-refractivity contribution is 5.66. The van der Waals surface area contributed by atoms with E-state index in [-0.39, 0.29) is 28.4 Å². The van der Waals surface area contributed by atoms with Gasteiger partial charge in [0.1, 0.15) is 17.2 Å². The highest BCUT2D eigenvalue weighted by Gasteiger charge is 2.29. The fourth-order valence-corrected chi connectivity index (χ4v) is 3.52. The molecule has 178 valence electrons. The number of ether oxygens (including phenoxy) is 3. The lowest BCUT2D eigenvalue weighted by Crippen LogP contribution is -2.10. The van der Waals surface area contributed by atoms with Crippen LogP contribution in [0, 0.1) is 17.0 Å². The molecule has 0 atom stereocenters. The van der Waals surface area contributed by atoms with Gasteiger partial charge in [0.15, 0.2) is 5.75 Å². The number of hydrogen-bond acceptors (Lipinski definition) is 5. The molecular weight excluding hydrogens is 442 g/mol. The zero-order valence-electron chi connectivity index (χ0n) is 20.1. The van der Waals surface area contributed by atoms with Crippen LogP contribution in [0.15, 0.2) is 91.0 Å². The van der Waals surface area contributed by atoms with Gasteiger partial charge in [-0.2, -0.15) is 0 Å². The highest BCUT2D eigenvalue weighted by atomic mass is 16.6. The Bertz CT molecular complexity index is 1330. The second kappa shape index (κ2) is 9.89. The Kier molecular flexibility index (Phi) is 6.73. The molecule has 6 heteroatoms. The van der Waals surface area contributed by atoms with Crippen molar-refractivity contribution in [3.05, 3.63) is 112 Å². The van der Waals surface area contributed by atoms with Gasteiger partial charge in [0.05, 0.1) is 4.92 Å². The molecule has 0 saturated carbocycles. The second-order valence-corrected chi connectivity index (χ2v) is 9.16. The summed E-state index contributed by atoms with van der Waals surface area (Å²) < 4.78 is 18.1. The molecule has 0 unspecified atom stereocenters. The summed E-state index contributed by atoms with van der Waals surface area (Å²) in [5.74, 6) is 1.74. The monoisotopic (exact) mass is 469 g/mol. The molecule has 0 N–H and O–H groups in total. The van der Waals surface area contributed by atoms with Crippen LogP contribution in [0.4, 0.5) is 5.69 Å². The van der Waals surface area contributed by atoms with Crippen LogP contribution in [0.3, 0.4) is 0 Å². The quantitative estimate of drug-likeness (QED) is 0.200. The fourth-order valence-electron chi connectivity index (χ4n) is 3.52. The van der Waals surface area contributed by atoms with Crippen molar-refractivity contribution in [3.8, 4) is 34.5 Å². The molecule has 0 radical (unpaired) electrons. The first-order chi connectivity index (χ1) is 16.7. The summed E-state index contributed by atoms with van der Waals surface area (Å²) >= 11 is 0. The molecule has 0 spiro atoms. The molecule has 0 fully saturated rings. The van der Waals surface area contributed by atoms with Gasteiger partial charge in [-0.15, -0.1) is 0 Å². The molecule has 6 nitrogen and oxygen atoms in total. The number of rotatable bonds is 7. The smallest absolute Gasteiger partial charge is 0.357 e. The minimum atomic E-state index is -0.512. The maximum absolute atomic E-state index is 12.3. The minimum absolute atomic E-state index is 0.00709. The molecule has 0 saturated heterocycles. The van der Waals surface area contributed by atoms with Crippen molar-refractivity contribution in [3.63, 3.8) is 0 Å². The minimum Gasteiger partial charge on any atom is -0.453 e. The third-order valence-corrected chi connectivity index (χ3v) is 5.47. The van der Waals surface area contributed by atoms with E-state index in [9.17, 15) is 10.1 Å². The lowest BCUT2D eigenvalue weighted by molar-refractivity contribution is -0.386. The third-order valence-electron chi connectivity index (χ3n) is 5.47. The van der Waals surface area contributed by atoms with Gasteiger partial charge in [0, 0.05) is 0 Å². The Morgan fingerprint density at radius 1 is 0.657 bits per heavy atom. The summed E-state index contributed by atoms with van der Waals surface area (Å²) in [6.45, 7) is 8.26. The zero-order valence-corrected chi connectivity index (χ0v) is 20.1. The Morgan fingerprint density at radius 2 is 1.23 bits per heavy atom. The first-order valence-corrected chi connectivity index (χ1v) is 11.3. The number of nitrogens with zero attached hydrogens (tertiary/aromatic N) is 1. The van der Waals surface area contributed by atoms with Gasteiger partial charge < -0.3 is 14.2 Å². The van der Waals surface area contributed by atoms with Gasteiger partial charge in [-0.05, 0) is 65.9 Å². The van der Waals surface area contributed by atoms with Crippen molar-refractivity contribution in [2.45, 2.75) is 33.1 Å². The first-order valence-electron chi connectivity index (χ1n) is 11.3. The fraction of sp³-hybridized carbons (Fsp3) is 0.172.